The zero-order valence-electron chi connectivity index (χ0n) is 58.6. The molecule has 104 heavy (non-hydrogen) atoms. The molecule has 8 rings (SSSR count). The van der Waals surface area contributed by atoms with Gasteiger partial charge >= 0.3 is 6.09 Å². The quantitative estimate of drug-likeness (QED) is 0.0189. The lowest BCUT2D eigenvalue weighted by molar-refractivity contribution is -0.142. The molecule has 0 radical (unpaired) electrons. The summed E-state index contributed by atoms with van der Waals surface area (Å²) >= 11 is 2.88. The number of alkyl carbamates (subject to hydrolysis) is 1. The normalized spacial score (nSPS) is 15.2. The highest BCUT2D eigenvalue weighted by Gasteiger charge is 2.41. The van der Waals surface area contributed by atoms with Gasteiger partial charge in [0.05, 0.1) is 13.0 Å². The molecule has 11 amide bonds. The van der Waals surface area contributed by atoms with Crippen LogP contribution in [0.4, 0.5) is 4.79 Å². The summed E-state index contributed by atoms with van der Waals surface area (Å²) in [6, 6.07) is 42.9. The maximum Gasteiger partial charge on any atom is 0.407 e. The summed E-state index contributed by atoms with van der Waals surface area (Å²) in [5.41, 5.74) is 17.4. The fourth-order valence-corrected chi connectivity index (χ4v) is 14.1. The van der Waals surface area contributed by atoms with E-state index in [1.165, 1.54) is 16.7 Å². The highest BCUT2D eigenvalue weighted by Crippen LogP contribution is 2.28. The highest BCUT2D eigenvalue weighted by atomic mass is 32.2. The van der Waals surface area contributed by atoms with E-state index in [-0.39, 0.29) is 75.8 Å². The fourth-order valence-electron chi connectivity index (χ4n) is 12.2. The van der Waals surface area contributed by atoms with Crippen molar-refractivity contribution in [2.24, 2.45) is 17.4 Å². The minimum atomic E-state index is -1.70. The molecule has 1 saturated heterocycles. The molecule has 0 unspecified atom stereocenters. The number of nitrogens with two attached hydrogens (primary N) is 2. The Morgan fingerprint density at radius 1 is 0.490 bits per heavy atom. The number of nitrogens with one attached hydrogen (secondary N) is 8. The summed E-state index contributed by atoms with van der Waals surface area (Å²) in [7, 11) is 0. The van der Waals surface area contributed by atoms with Gasteiger partial charge < -0.3 is 68.4 Å². The number of hydrogen-bond acceptors (Lipinski definition) is 15. The molecule has 24 nitrogen and oxygen atoms in total. The summed E-state index contributed by atoms with van der Waals surface area (Å²) in [6.07, 6.45) is 3.15. The third-order valence-electron chi connectivity index (χ3n) is 17.8. The van der Waals surface area contributed by atoms with E-state index >= 15 is 14.4 Å². The van der Waals surface area contributed by atoms with E-state index in [9.17, 15) is 38.4 Å². The van der Waals surface area contributed by atoms with Crippen LogP contribution in [0.2, 0.25) is 0 Å². The molecule has 6 aromatic carbocycles. The van der Waals surface area contributed by atoms with Crippen LogP contribution in [0.15, 0.2) is 170 Å². The van der Waals surface area contributed by atoms with Gasteiger partial charge in [0, 0.05) is 55.4 Å². The average molecular weight is 1460 g/mol. The molecule has 0 spiro atoms. The lowest BCUT2D eigenvalue weighted by Crippen LogP contribution is -2.61. The summed E-state index contributed by atoms with van der Waals surface area (Å²) < 4.78 is 11.3. The first-order valence-electron chi connectivity index (χ1n) is 35.3. The van der Waals surface area contributed by atoms with Crippen molar-refractivity contribution < 1.29 is 62.2 Å². The lowest BCUT2D eigenvalue weighted by Gasteiger charge is -2.31. The molecule has 0 aromatic heterocycles. The summed E-state index contributed by atoms with van der Waals surface area (Å²) in [6.45, 7) is 1.66. The van der Waals surface area contributed by atoms with Crippen LogP contribution < -0.4 is 58.7 Å². The Balaban J connectivity index is 0.993. The Morgan fingerprint density at radius 2 is 1.01 bits per heavy atom. The number of likely N-dealkylation sites (tertiary alicyclic amines) is 1. The molecular formula is C78H95N11O13S2. The van der Waals surface area contributed by atoms with E-state index in [1.807, 2.05) is 116 Å². The van der Waals surface area contributed by atoms with Crippen molar-refractivity contribution in [2.75, 3.05) is 31.1 Å². The van der Waals surface area contributed by atoms with Crippen molar-refractivity contribution in [3.8, 4) is 5.75 Å². The number of carbonyl (C=O) groups excluding carboxylic acids is 11. The maximum absolute atomic E-state index is 15.2. The van der Waals surface area contributed by atoms with Crippen LogP contribution in [0.1, 0.15) is 110 Å². The number of aryl methyl sites for hydroxylation is 1. The topological polar surface area (TPSA) is 358 Å². The first kappa shape index (κ1) is 79.5. The van der Waals surface area contributed by atoms with E-state index in [1.54, 1.807) is 72.4 Å². The van der Waals surface area contributed by atoms with Gasteiger partial charge in [0.2, 0.25) is 59.1 Å². The van der Waals surface area contributed by atoms with Crippen molar-refractivity contribution in [1.29, 1.82) is 0 Å². The van der Waals surface area contributed by atoms with Gasteiger partial charge in [0.15, 0.2) is 0 Å². The molecule has 0 bridgehead atoms. The predicted octanol–water partition coefficient (Wildman–Crippen LogP) is 6.28. The number of primary amides is 2. The minimum absolute atomic E-state index is 0.0286. The monoisotopic (exact) mass is 1460 g/mol. The van der Waals surface area contributed by atoms with Gasteiger partial charge in [-0.1, -0.05) is 195 Å². The first-order chi connectivity index (χ1) is 50.3. The fraction of sp³-hybridized carbons (Fsp3) is 0.397. The SMILES string of the molecule is Cc1ccc(CSCCC(=O)N[C@@H](Cc2ccc(OCc3ccccc3)cc2)C(=O)N[C@@H](Cc2ccccc2)C(=O)N[C@@H](CC2CCCCC2)C(=O)N[C@@H](CC(N)=O)C(=O)N[C@@H](CSCc2ccccc2)C(=O)N2CCC[C@H]2C(=O)N[C@@H](CCNC(=O)OCc2ccccc2)C(=O)NCC(N)=O)cc1. The molecule has 1 aliphatic carbocycles. The van der Waals surface area contributed by atoms with Gasteiger partial charge in [-0.15, -0.1) is 0 Å². The number of carbonyl (C=O) groups is 11. The van der Waals surface area contributed by atoms with Crippen LogP contribution in [-0.4, -0.2) is 143 Å². The zero-order valence-corrected chi connectivity index (χ0v) is 60.2. The maximum atomic E-state index is 15.2. The Hall–Kier alpha value is -10.2. The summed E-state index contributed by atoms with van der Waals surface area (Å²) in [5.74, 6) is -5.66. The summed E-state index contributed by atoms with van der Waals surface area (Å²) in [5, 5.41) is 21.9. The van der Waals surface area contributed by atoms with Crippen LogP contribution in [0.25, 0.3) is 0 Å². The van der Waals surface area contributed by atoms with Crippen molar-refractivity contribution in [2.45, 2.75) is 157 Å². The predicted molar refractivity (Wildman–Crippen MR) is 398 cm³/mol. The minimum Gasteiger partial charge on any atom is -0.489 e. The number of benzene rings is 6. The average Bonchev–Trinajstić information content (AvgIpc) is 1.60. The van der Waals surface area contributed by atoms with Crippen LogP contribution in [0, 0.1) is 12.8 Å². The molecule has 552 valence electrons. The van der Waals surface area contributed by atoms with E-state index in [4.69, 9.17) is 20.9 Å². The number of ether oxygens (including phenoxy) is 2. The van der Waals surface area contributed by atoms with Gasteiger partial charge in [0.1, 0.15) is 61.3 Å². The smallest absolute Gasteiger partial charge is 0.407 e. The molecule has 6 aromatic rings. The van der Waals surface area contributed by atoms with Crippen LogP contribution in [0.5, 0.6) is 5.75 Å². The van der Waals surface area contributed by atoms with E-state index in [0.29, 0.717) is 47.2 Å². The van der Waals surface area contributed by atoms with Gasteiger partial charge in [-0.25, -0.2) is 4.79 Å². The highest BCUT2D eigenvalue weighted by molar-refractivity contribution is 7.98. The van der Waals surface area contributed by atoms with Gasteiger partial charge in [-0.05, 0) is 84.0 Å². The molecule has 2 fully saturated rings. The van der Waals surface area contributed by atoms with Crippen LogP contribution in [0.3, 0.4) is 0 Å². The second-order valence-corrected chi connectivity index (χ2v) is 28.2. The molecule has 7 atom stereocenters. The number of rotatable bonds is 40. The van der Waals surface area contributed by atoms with Crippen LogP contribution in [-0.2, 0) is 90.2 Å². The zero-order chi connectivity index (χ0) is 74.0. The Morgan fingerprint density at radius 3 is 1.63 bits per heavy atom. The van der Waals surface area contributed by atoms with E-state index < -0.39 is 115 Å². The molecule has 2 aliphatic rings. The van der Waals surface area contributed by atoms with Crippen molar-refractivity contribution in [1.82, 2.24) is 47.4 Å². The lowest BCUT2D eigenvalue weighted by atomic mass is 9.84. The third-order valence-corrected chi connectivity index (χ3v) is 20.0. The van der Waals surface area contributed by atoms with Gasteiger partial charge in [-0.2, -0.15) is 23.5 Å². The van der Waals surface area contributed by atoms with Crippen LogP contribution >= 0.6 is 23.5 Å². The molecule has 12 N–H and O–H groups in total. The number of thioether (sulfide) groups is 2. The Bertz CT molecular complexity index is 3790. The van der Waals surface area contributed by atoms with Crippen molar-refractivity contribution >= 4 is 88.7 Å². The van der Waals surface area contributed by atoms with Gasteiger partial charge in [0.25, 0.3) is 0 Å². The Kier molecular flexibility index (Phi) is 32.4. The second-order valence-electron chi connectivity index (χ2n) is 26.1. The van der Waals surface area contributed by atoms with Crippen molar-refractivity contribution in [3.05, 3.63) is 209 Å². The number of amides is 11. The third kappa shape index (κ3) is 27.5. The van der Waals surface area contributed by atoms with E-state index in [0.717, 1.165) is 59.9 Å². The largest absolute Gasteiger partial charge is 0.489 e. The number of nitrogens with zero attached hydrogens (tertiary/aromatic N) is 1. The molecule has 1 heterocycles. The summed E-state index contributed by atoms with van der Waals surface area (Å²) in [4.78, 5) is 156. The molecular weight excluding hydrogens is 1360 g/mol. The van der Waals surface area contributed by atoms with Crippen molar-refractivity contribution in [3.63, 3.8) is 0 Å². The standard InChI is InChI=1S/C78H95N11O13S2/c1-52-29-31-59(32-30-52)49-103-41-38-70(92)83-62(44-55-33-35-60(36-34-55)101-47-56-22-11-4-12-23-56)72(94)85-63(42-53-18-7-2-8-19-53)73(95)86-64(43-54-20-9-3-10-21-54)74(96)87-65(45-68(79)90)75(97)88-66(51-104-50-58-26-15-6-16-27-58)77(99)89-40-17-28-67(89)76(98)84-61(71(93)82-46-69(80)91)37-39-81-78(100)102-48-57-24-13-5-14-25-57/h2,4-8,11-16,18-19,22-27,29-36,54,61-67H,3,9-10,17,20-21,28,37-51H2,1H3,(H2,79,90)(H2,80,91)(H,81,100)(H,82,93)(H,83,92)(H,84,98)(H,85,94)(H,86,95)(H,87,96)(H,88,97)/t61-,62-,63-,64-,65-,66-,67-/m0/s1. The molecule has 1 saturated carbocycles. The van der Waals surface area contributed by atoms with E-state index in [2.05, 4.69) is 42.5 Å². The molecule has 26 heteroatoms. The van der Waals surface area contributed by atoms with Gasteiger partial charge in [-0.3, -0.25) is 47.9 Å². The Labute approximate surface area is 615 Å². The second kappa shape index (κ2) is 42.4. The first-order valence-corrected chi connectivity index (χ1v) is 37.6. The number of hydrogen-bond donors (Lipinski definition) is 10. The molecule has 1 aliphatic heterocycles.